The second-order valence-electron chi connectivity index (χ2n) is 8.79. The molecule has 8 nitrogen and oxygen atoms in total. The molecule has 1 aliphatic rings. The minimum absolute atomic E-state index is 0.233. The number of ether oxygens (including phenoxy) is 1. The van der Waals surface area contributed by atoms with Gasteiger partial charge in [-0.15, -0.1) is 0 Å². The number of aromatic nitrogens is 5. The van der Waals surface area contributed by atoms with Gasteiger partial charge in [0, 0.05) is 18.3 Å². The molecule has 0 radical (unpaired) electrons. The highest BCUT2D eigenvalue weighted by Crippen LogP contribution is 2.31. The fourth-order valence-corrected chi connectivity index (χ4v) is 3.74. The van der Waals surface area contributed by atoms with Gasteiger partial charge in [0.05, 0.1) is 19.3 Å². The third kappa shape index (κ3) is 4.78. The van der Waals surface area contributed by atoms with Crippen LogP contribution in [0, 0.1) is 11.7 Å². The second kappa shape index (κ2) is 8.74. The standard InChI is InChI=1S/C24H26FN7O/c1-31(2)12-15-3-5-16(6-4-15)13-32-22(18-9-19(25)11-27-10-18)28-20-21(26)29-24(30-23(20)32)33-14-17-7-8-17/h3-6,9-11,17H,7-8,12-14H2,1-2H3,(H2,26,29,30). The number of imidazole rings is 1. The Morgan fingerprint density at radius 1 is 1.09 bits per heavy atom. The zero-order valence-electron chi connectivity index (χ0n) is 18.7. The fraction of sp³-hybridized carbons (Fsp3) is 0.333. The molecule has 1 fully saturated rings. The summed E-state index contributed by atoms with van der Waals surface area (Å²) >= 11 is 0. The molecular weight excluding hydrogens is 421 g/mol. The van der Waals surface area contributed by atoms with Crippen molar-refractivity contribution in [2.45, 2.75) is 25.9 Å². The van der Waals surface area contributed by atoms with Gasteiger partial charge in [-0.3, -0.25) is 4.98 Å². The van der Waals surface area contributed by atoms with Gasteiger partial charge in [0.1, 0.15) is 11.6 Å². The number of nitrogens with two attached hydrogens (primary N) is 1. The predicted molar refractivity (Wildman–Crippen MR) is 124 cm³/mol. The Labute approximate surface area is 191 Å². The summed E-state index contributed by atoms with van der Waals surface area (Å²) in [6.07, 6.45) is 5.07. The van der Waals surface area contributed by atoms with Crippen molar-refractivity contribution in [2.75, 3.05) is 26.4 Å². The number of rotatable bonds is 8. The van der Waals surface area contributed by atoms with Gasteiger partial charge in [-0.2, -0.15) is 9.97 Å². The van der Waals surface area contributed by atoms with Crippen LogP contribution in [-0.4, -0.2) is 50.1 Å². The summed E-state index contributed by atoms with van der Waals surface area (Å²) < 4.78 is 21.7. The van der Waals surface area contributed by atoms with Crippen LogP contribution < -0.4 is 10.5 Å². The Kier molecular flexibility index (Phi) is 5.63. The molecule has 3 aromatic heterocycles. The van der Waals surface area contributed by atoms with Crippen LogP contribution in [0.2, 0.25) is 0 Å². The van der Waals surface area contributed by atoms with Crippen LogP contribution in [0.25, 0.3) is 22.6 Å². The van der Waals surface area contributed by atoms with Gasteiger partial charge < -0.3 is 19.9 Å². The lowest BCUT2D eigenvalue weighted by atomic mass is 10.1. The summed E-state index contributed by atoms with van der Waals surface area (Å²) in [4.78, 5) is 19.7. The van der Waals surface area contributed by atoms with E-state index in [0.29, 0.717) is 41.6 Å². The van der Waals surface area contributed by atoms with Crippen LogP contribution in [0.5, 0.6) is 6.01 Å². The maximum absolute atomic E-state index is 14.0. The maximum Gasteiger partial charge on any atom is 0.320 e. The topological polar surface area (TPSA) is 95.0 Å². The molecular formula is C24H26FN7O. The molecule has 1 aliphatic carbocycles. The summed E-state index contributed by atoms with van der Waals surface area (Å²) in [6, 6.07) is 9.99. The molecule has 0 bridgehead atoms. The molecule has 0 atom stereocenters. The number of nitrogens with zero attached hydrogens (tertiary/aromatic N) is 6. The lowest BCUT2D eigenvalue weighted by Crippen LogP contribution is -2.10. The van der Waals surface area contributed by atoms with E-state index in [9.17, 15) is 4.39 Å². The van der Waals surface area contributed by atoms with Crippen molar-refractivity contribution in [1.29, 1.82) is 0 Å². The normalized spacial score (nSPS) is 13.7. The van der Waals surface area contributed by atoms with Gasteiger partial charge in [-0.05, 0) is 50.0 Å². The van der Waals surface area contributed by atoms with Crippen molar-refractivity contribution in [2.24, 2.45) is 5.92 Å². The monoisotopic (exact) mass is 447 g/mol. The van der Waals surface area contributed by atoms with Crippen molar-refractivity contribution >= 4 is 17.0 Å². The lowest BCUT2D eigenvalue weighted by molar-refractivity contribution is 0.277. The number of nitrogen functional groups attached to an aromatic ring is 1. The highest BCUT2D eigenvalue weighted by molar-refractivity contribution is 5.85. The summed E-state index contributed by atoms with van der Waals surface area (Å²) in [7, 11) is 4.08. The maximum atomic E-state index is 14.0. The van der Waals surface area contributed by atoms with E-state index in [1.807, 2.05) is 18.7 Å². The first kappa shape index (κ1) is 21.3. The van der Waals surface area contributed by atoms with Gasteiger partial charge >= 0.3 is 6.01 Å². The van der Waals surface area contributed by atoms with E-state index in [2.05, 4.69) is 49.1 Å². The van der Waals surface area contributed by atoms with E-state index in [-0.39, 0.29) is 11.8 Å². The van der Waals surface area contributed by atoms with Gasteiger partial charge in [0.25, 0.3) is 0 Å². The first-order valence-electron chi connectivity index (χ1n) is 11.0. The molecule has 33 heavy (non-hydrogen) atoms. The molecule has 0 saturated heterocycles. The number of hydrogen-bond acceptors (Lipinski definition) is 7. The molecule has 9 heteroatoms. The molecule has 2 N–H and O–H groups in total. The Bertz CT molecular complexity index is 1280. The summed E-state index contributed by atoms with van der Waals surface area (Å²) in [5, 5.41) is 0. The number of hydrogen-bond donors (Lipinski definition) is 1. The minimum Gasteiger partial charge on any atom is -0.463 e. The minimum atomic E-state index is -0.438. The highest BCUT2D eigenvalue weighted by Gasteiger charge is 2.24. The predicted octanol–water partition coefficient (Wildman–Crippen LogP) is 3.51. The molecule has 0 spiro atoms. The van der Waals surface area contributed by atoms with Crippen molar-refractivity contribution in [3.63, 3.8) is 0 Å². The first-order chi connectivity index (χ1) is 16.0. The molecule has 170 valence electrons. The van der Waals surface area contributed by atoms with Crippen LogP contribution in [0.1, 0.15) is 24.0 Å². The summed E-state index contributed by atoms with van der Waals surface area (Å²) in [6.45, 7) is 1.91. The molecule has 1 aromatic carbocycles. The Morgan fingerprint density at radius 3 is 2.55 bits per heavy atom. The molecule has 5 rings (SSSR count). The molecule has 0 amide bonds. The Morgan fingerprint density at radius 2 is 1.85 bits per heavy atom. The van der Waals surface area contributed by atoms with Crippen molar-refractivity contribution in [3.05, 3.63) is 59.7 Å². The van der Waals surface area contributed by atoms with E-state index >= 15 is 0 Å². The number of halogens is 1. The second-order valence-corrected chi connectivity index (χ2v) is 8.79. The van der Waals surface area contributed by atoms with Crippen LogP contribution in [0.4, 0.5) is 10.2 Å². The van der Waals surface area contributed by atoms with Gasteiger partial charge in [0.2, 0.25) is 0 Å². The molecule has 1 saturated carbocycles. The highest BCUT2D eigenvalue weighted by atomic mass is 19.1. The summed E-state index contributed by atoms with van der Waals surface area (Å²) in [5.41, 5.74) is 10.0. The van der Waals surface area contributed by atoms with E-state index in [4.69, 9.17) is 10.5 Å². The molecule has 0 aliphatic heterocycles. The van der Waals surface area contributed by atoms with E-state index < -0.39 is 5.82 Å². The Balaban J connectivity index is 1.57. The summed E-state index contributed by atoms with van der Waals surface area (Å²) in [5.74, 6) is 0.878. The Hall–Kier alpha value is -3.59. The number of benzene rings is 1. The smallest absolute Gasteiger partial charge is 0.320 e. The van der Waals surface area contributed by atoms with Crippen molar-refractivity contribution in [1.82, 2.24) is 29.4 Å². The lowest BCUT2D eigenvalue weighted by Gasteiger charge is -2.12. The quantitative estimate of drug-likeness (QED) is 0.442. The van der Waals surface area contributed by atoms with Crippen molar-refractivity contribution in [3.8, 4) is 17.4 Å². The van der Waals surface area contributed by atoms with Crippen LogP contribution in [0.3, 0.4) is 0 Å². The van der Waals surface area contributed by atoms with Crippen molar-refractivity contribution < 1.29 is 9.13 Å². The number of fused-ring (bicyclic) bond motifs is 1. The fourth-order valence-electron chi connectivity index (χ4n) is 3.74. The van der Waals surface area contributed by atoms with Gasteiger partial charge in [-0.25, -0.2) is 9.37 Å². The van der Waals surface area contributed by atoms with Crippen LogP contribution in [-0.2, 0) is 13.1 Å². The average molecular weight is 448 g/mol. The first-order valence-corrected chi connectivity index (χ1v) is 11.0. The van der Waals surface area contributed by atoms with E-state index in [1.165, 1.54) is 11.6 Å². The van der Waals surface area contributed by atoms with E-state index in [1.54, 1.807) is 6.20 Å². The van der Waals surface area contributed by atoms with E-state index in [0.717, 1.165) is 31.1 Å². The number of pyridine rings is 1. The molecule has 4 aromatic rings. The van der Waals surface area contributed by atoms with Crippen LogP contribution >= 0.6 is 0 Å². The number of anilines is 1. The molecule has 0 unspecified atom stereocenters. The van der Waals surface area contributed by atoms with Gasteiger partial charge in [0.15, 0.2) is 17.0 Å². The van der Waals surface area contributed by atoms with Crippen LogP contribution in [0.15, 0.2) is 42.7 Å². The average Bonchev–Trinajstić information content (AvgIpc) is 3.54. The third-order valence-corrected chi connectivity index (χ3v) is 5.57. The SMILES string of the molecule is CN(C)Cc1ccc(Cn2c(-c3cncc(F)c3)nc3c(N)nc(OCC4CC4)nc32)cc1. The molecule has 3 heterocycles. The zero-order chi connectivity index (χ0) is 22.9. The largest absolute Gasteiger partial charge is 0.463 e. The van der Waals surface area contributed by atoms with Gasteiger partial charge in [-0.1, -0.05) is 24.3 Å². The third-order valence-electron chi connectivity index (χ3n) is 5.57. The zero-order valence-corrected chi connectivity index (χ0v) is 18.7.